The van der Waals surface area contributed by atoms with E-state index < -0.39 is 0 Å². The van der Waals surface area contributed by atoms with Gasteiger partial charge < -0.3 is 4.74 Å². The quantitative estimate of drug-likeness (QED) is 0.119. The van der Waals surface area contributed by atoms with Crippen LogP contribution in [0.15, 0.2) is 113 Å². The number of rotatable bonds is 7. The predicted molar refractivity (Wildman–Crippen MR) is 172 cm³/mol. The Morgan fingerprint density at radius 3 is 2.48 bits per heavy atom. The minimum Gasteiger partial charge on any atom is -0.496 e. The molecule has 0 amide bonds. The Morgan fingerprint density at radius 2 is 1.77 bits per heavy atom. The number of hydrogen-bond acceptors (Lipinski definition) is 2. The molecule has 0 spiro atoms. The van der Waals surface area contributed by atoms with E-state index in [1.54, 1.807) is 7.11 Å². The molecule has 6 rings (SSSR count). The molecule has 3 nitrogen and oxygen atoms in total. The molecule has 40 heavy (non-hydrogen) atoms. The van der Waals surface area contributed by atoms with Crippen molar-refractivity contribution in [2.75, 3.05) is 7.11 Å². The highest BCUT2D eigenvalue weighted by atomic mass is 16.5. The minimum absolute atomic E-state index is 0.830. The smallest absolute Gasteiger partial charge is 0.144 e. The Morgan fingerprint density at radius 1 is 0.950 bits per heavy atom. The van der Waals surface area contributed by atoms with Gasteiger partial charge in [-0.3, -0.25) is 4.57 Å². The first-order valence-electron chi connectivity index (χ1n) is 13.9. The highest BCUT2D eigenvalue weighted by Gasteiger charge is 2.26. The molecule has 2 aliphatic rings. The summed E-state index contributed by atoms with van der Waals surface area (Å²) in [5.74, 6) is 1.72. The van der Waals surface area contributed by atoms with Crippen molar-refractivity contribution in [3.05, 3.63) is 125 Å². The van der Waals surface area contributed by atoms with Crippen LogP contribution in [0.1, 0.15) is 43.4 Å². The minimum atomic E-state index is 0.830. The summed E-state index contributed by atoms with van der Waals surface area (Å²) >= 11 is 0. The third-order valence-electron chi connectivity index (χ3n) is 8.13. The lowest BCUT2D eigenvalue weighted by Gasteiger charge is -2.23. The highest BCUT2D eigenvalue weighted by Crippen LogP contribution is 2.48. The fourth-order valence-electron chi connectivity index (χ4n) is 6.45. The summed E-state index contributed by atoms with van der Waals surface area (Å²) in [5.41, 5.74) is 11.1. The second-order valence-electron chi connectivity index (χ2n) is 10.3. The number of methoxy groups -OCH3 is 1. The van der Waals surface area contributed by atoms with E-state index in [1.807, 2.05) is 25.2 Å². The fraction of sp³-hybridized carbons (Fsp3) is 0.162. The largest absolute Gasteiger partial charge is 0.496 e. The van der Waals surface area contributed by atoms with Gasteiger partial charge in [-0.05, 0) is 91.3 Å². The summed E-state index contributed by atoms with van der Waals surface area (Å²) in [6.07, 6.45) is 17.2. The summed E-state index contributed by atoms with van der Waals surface area (Å²) < 4.78 is 8.01. The first-order chi connectivity index (χ1) is 19.6. The molecule has 0 unspecified atom stereocenters. The molecule has 2 aliphatic carbocycles. The van der Waals surface area contributed by atoms with Gasteiger partial charge in [-0.15, -0.1) is 0 Å². The Hall–Kier alpha value is -4.63. The predicted octanol–water partition coefficient (Wildman–Crippen LogP) is 9.95. The van der Waals surface area contributed by atoms with Crippen LogP contribution in [0, 0.1) is 0 Å². The van der Waals surface area contributed by atoms with Crippen molar-refractivity contribution in [3.8, 4) is 11.1 Å². The van der Waals surface area contributed by atoms with E-state index in [0.29, 0.717) is 0 Å². The first kappa shape index (κ1) is 25.6. The lowest BCUT2D eigenvalue weighted by molar-refractivity contribution is 0.304. The van der Waals surface area contributed by atoms with Crippen molar-refractivity contribution >= 4 is 46.0 Å². The lowest BCUT2D eigenvalue weighted by Crippen LogP contribution is -2.05. The molecule has 1 heterocycles. The zero-order valence-electron chi connectivity index (χ0n) is 23.5. The number of benzene rings is 3. The van der Waals surface area contributed by atoms with Gasteiger partial charge in [-0.25, -0.2) is 4.99 Å². The molecule has 0 saturated heterocycles. The van der Waals surface area contributed by atoms with Crippen LogP contribution in [0.4, 0.5) is 5.82 Å². The average molecular weight is 523 g/mol. The summed E-state index contributed by atoms with van der Waals surface area (Å²) in [6.45, 7) is 12.2. The van der Waals surface area contributed by atoms with Crippen LogP contribution in [-0.2, 0) is 11.2 Å². The third kappa shape index (κ3) is 3.93. The number of nitrogens with zero attached hydrogens (tertiary/aromatic N) is 2. The van der Waals surface area contributed by atoms with Gasteiger partial charge in [0.25, 0.3) is 0 Å². The van der Waals surface area contributed by atoms with Crippen LogP contribution in [0.25, 0.3) is 44.6 Å². The van der Waals surface area contributed by atoms with Crippen LogP contribution < -0.4 is 0 Å². The van der Waals surface area contributed by atoms with Crippen LogP contribution in [-0.4, -0.2) is 18.4 Å². The van der Waals surface area contributed by atoms with Gasteiger partial charge in [-0.1, -0.05) is 79.4 Å². The van der Waals surface area contributed by atoms with E-state index in [-0.39, 0.29) is 0 Å². The summed E-state index contributed by atoms with van der Waals surface area (Å²) in [4.78, 5) is 4.63. The number of aromatic nitrogens is 1. The molecule has 0 bridgehead atoms. The van der Waals surface area contributed by atoms with Crippen LogP contribution >= 0.6 is 0 Å². The fourth-order valence-corrected chi connectivity index (χ4v) is 6.45. The molecule has 0 saturated carbocycles. The van der Waals surface area contributed by atoms with Crippen molar-refractivity contribution < 1.29 is 4.74 Å². The van der Waals surface area contributed by atoms with Gasteiger partial charge in [0.1, 0.15) is 11.6 Å². The molecule has 198 valence electrons. The van der Waals surface area contributed by atoms with Gasteiger partial charge in [0.15, 0.2) is 0 Å². The van der Waals surface area contributed by atoms with Crippen molar-refractivity contribution in [1.82, 2.24) is 4.57 Å². The molecular formula is C37H34N2O. The molecule has 0 radical (unpaired) electrons. The number of aliphatic imine (C=N–C) groups is 1. The molecule has 0 fully saturated rings. The summed E-state index contributed by atoms with van der Waals surface area (Å²) in [7, 11) is 1.71. The zero-order valence-corrected chi connectivity index (χ0v) is 23.5. The van der Waals surface area contributed by atoms with E-state index in [9.17, 15) is 0 Å². The molecule has 0 atom stereocenters. The number of allylic oxidation sites excluding steroid dienone is 9. The molecular weight excluding hydrogens is 488 g/mol. The van der Waals surface area contributed by atoms with E-state index >= 15 is 0 Å². The number of fused-ring (bicyclic) bond motifs is 4. The molecule has 3 heteroatoms. The standard InChI is InChI=1S/C37H34N2O/c1-6-12-30-33-23-32-29-16-10-9-14-25(29)22-26-15-11-17-31(35(26)32)36(33)39(37(30)38-4)27-20-18-24(19-21-27)28(8-3)34(40-5)13-7-2/h6-18,20,23H,3-4,19,21-22H2,1-2,5H3/b12-6-,13-7-,34-28-. The van der Waals surface area contributed by atoms with Gasteiger partial charge in [0, 0.05) is 27.6 Å². The lowest BCUT2D eigenvalue weighted by atomic mass is 9.82. The second-order valence-corrected chi connectivity index (χ2v) is 10.3. The Balaban J connectivity index is 1.66. The normalized spacial score (nSPS) is 15.3. The van der Waals surface area contributed by atoms with Crippen molar-refractivity contribution in [1.29, 1.82) is 0 Å². The molecule has 3 aromatic carbocycles. The SMILES string of the molecule is C=C/C(C1=CC=C(n2c(N=C)c(/C=C\C)c3cc4c5c(cccc5c32)Cc2ccccc2-4)CC1)=C(\C=C/C)OC. The molecule has 4 aromatic rings. The maximum atomic E-state index is 5.67. The Kier molecular flexibility index (Phi) is 6.73. The van der Waals surface area contributed by atoms with Gasteiger partial charge in [-0.2, -0.15) is 0 Å². The Labute approximate surface area is 236 Å². The maximum absolute atomic E-state index is 5.67. The number of ether oxygens (including phenoxy) is 1. The van der Waals surface area contributed by atoms with Crippen LogP contribution in [0.3, 0.4) is 0 Å². The van der Waals surface area contributed by atoms with Gasteiger partial charge in [0.2, 0.25) is 0 Å². The van der Waals surface area contributed by atoms with Crippen LogP contribution in [0.5, 0.6) is 0 Å². The highest BCUT2D eigenvalue weighted by molar-refractivity contribution is 6.19. The molecule has 1 aromatic heterocycles. The number of hydrogen-bond donors (Lipinski definition) is 0. The van der Waals surface area contributed by atoms with Crippen molar-refractivity contribution in [2.24, 2.45) is 4.99 Å². The molecule has 0 N–H and O–H groups in total. The van der Waals surface area contributed by atoms with E-state index in [4.69, 9.17) is 4.74 Å². The second kappa shape index (κ2) is 10.5. The van der Waals surface area contributed by atoms with Gasteiger partial charge in [0.05, 0.1) is 12.6 Å². The van der Waals surface area contributed by atoms with E-state index in [0.717, 1.165) is 42.0 Å². The zero-order chi connectivity index (χ0) is 27.8. The van der Waals surface area contributed by atoms with Crippen molar-refractivity contribution in [3.63, 3.8) is 0 Å². The molecule has 0 aliphatic heterocycles. The topological polar surface area (TPSA) is 26.5 Å². The van der Waals surface area contributed by atoms with Crippen molar-refractivity contribution in [2.45, 2.75) is 33.1 Å². The van der Waals surface area contributed by atoms with Gasteiger partial charge >= 0.3 is 0 Å². The first-order valence-corrected chi connectivity index (χ1v) is 13.9. The third-order valence-corrected chi connectivity index (χ3v) is 8.13. The maximum Gasteiger partial charge on any atom is 0.144 e. The van der Waals surface area contributed by atoms with E-state index in [2.05, 4.69) is 103 Å². The van der Waals surface area contributed by atoms with E-state index in [1.165, 1.54) is 55.2 Å². The summed E-state index contributed by atoms with van der Waals surface area (Å²) in [5, 5.41) is 3.81. The monoisotopic (exact) mass is 522 g/mol. The van der Waals surface area contributed by atoms with Crippen LogP contribution in [0.2, 0.25) is 0 Å². The Bertz CT molecular complexity index is 1850. The average Bonchev–Trinajstić information content (AvgIpc) is 3.31. The summed E-state index contributed by atoms with van der Waals surface area (Å²) in [6, 6.07) is 17.9.